The van der Waals surface area contributed by atoms with Gasteiger partial charge in [-0.25, -0.2) is 4.79 Å². The van der Waals surface area contributed by atoms with E-state index in [1.54, 1.807) is 7.11 Å². The lowest BCUT2D eigenvalue weighted by Crippen LogP contribution is -2.43. The van der Waals surface area contributed by atoms with Gasteiger partial charge in [0, 0.05) is 22.9 Å². The van der Waals surface area contributed by atoms with E-state index in [0.717, 1.165) is 43.4 Å². The van der Waals surface area contributed by atoms with Crippen molar-refractivity contribution in [1.82, 2.24) is 5.32 Å². The van der Waals surface area contributed by atoms with Crippen LogP contribution in [0.3, 0.4) is 0 Å². The SMILES string of the molecule is COC(=O)[C@@H]1C(=O)C2=C(C[C@@H]1C)NC(C)=C(C(=O)OC1CCCCC1)[C@@H]2c1ccc(OC)cc1. The van der Waals surface area contributed by atoms with Gasteiger partial charge in [-0.2, -0.15) is 0 Å². The smallest absolute Gasteiger partial charge is 0.337 e. The number of carbonyl (C=O) groups is 3. The summed E-state index contributed by atoms with van der Waals surface area (Å²) in [6.45, 7) is 3.72. The first kappa shape index (κ1) is 24.0. The Labute approximate surface area is 200 Å². The van der Waals surface area contributed by atoms with Gasteiger partial charge in [0.15, 0.2) is 5.78 Å². The quantitative estimate of drug-likeness (QED) is 0.513. The molecule has 1 fully saturated rings. The van der Waals surface area contributed by atoms with Crippen molar-refractivity contribution in [1.29, 1.82) is 0 Å². The van der Waals surface area contributed by atoms with Crippen LogP contribution in [-0.2, 0) is 23.9 Å². The number of esters is 2. The number of ether oxygens (including phenoxy) is 3. The Morgan fingerprint density at radius 2 is 1.71 bits per heavy atom. The van der Waals surface area contributed by atoms with Crippen LogP contribution < -0.4 is 10.1 Å². The highest BCUT2D eigenvalue weighted by Crippen LogP contribution is 2.46. The molecule has 3 aliphatic rings. The van der Waals surface area contributed by atoms with E-state index in [-0.39, 0.29) is 17.8 Å². The summed E-state index contributed by atoms with van der Waals surface area (Å²) in [6, 6.07) is 7.34. The number of rotatable bonds is 5. The zero-order valence-corrected chi connectivity index (χ0v) is 20.3. The minimum absolute atomic E-state index is 0.113. The van der Waals surface area contributed by atoms with Gasteiger partial charge in [0.2, 0.25) is 0 Å². The molecule has 0 amide bonds. The minimum Gasteiger partial charge on any atom is -0.497 e. The van der Waals surface area contributed by atoms with E-state index in [2.05, 4.69) is 5.32 Å². The molecule has 4 rings (SSSR count). The molecule has 34 heavy (non-hydrogen) atoms. The van der Waals surface area contributed by atoms with Gasteiger partial charge in [-0.1, -0.05) is 25.5 Å². The lowest BCUT2D eigenvalue weighted by Gasteiger charge is -2.38. The van der Waals surface area contributed by atoms with Crippen molar-refractivity contribution in [3.8, 4) is 5.75 Å². The Balaban J connectivity index is 1.77. The molecule has 0 spiro atoms. The summed E-state index contributed by atoms with van der Waals surface area (Å²) in [5.74, 6) is -2.34. The monoisotopic (exact) mass is 467 g/mol. The van der Waals surface area contributed by atoms with Crippen LogP contribution in [0.1, 0.15) is 63.9 Å². The fourth-order valence-electron chi connectivity index (χ4n) is 5.48. The maximum atomic E-state index is 13.7. The average molecular weight is 468 g/mol. The molecule has 3 atom stereocenters. The lowest BCUT2D eigenvalue weighted by atomic mass is 9.69. The Morgan fingerprint density at radius 3 is 2.32 bits per heavy atom. The van der Waals surface area contributed by atoms with Crippen LogP contribution in [0.2, 0.25) is 0 Å². The standard InChI is InChI=1S/C27H33NO6/c1-15-14-20-24(25(29)21(15)26(30)33-4)23(17-10-12-18(32-3)13-11-17)22(16(2)28-20)27(31)34-19-8-6-5-7-9-19/h10-13,15,19,21,23,28H,5-9,14H2,1-4H3/t15-,21-,23-/m0/s1. The van der Waals surface area contributed by atoms with Gasteiger partial charge in [0.05, 0.1) is 19.8 Å². The van der Waals surface area contributed by atoms with Crippen molar-refractivity contribution in [2.75, 3.05) is 14.2 Å². The molecule has 1 heterocycles. The second-order valence-corrected chi connectivity index (χ2v) is 9.47. The van der Waals surface area contributed by atoms with Crippen LogP contribution in [-0.4, -0.2) is 38.0 Å². The highest BCUT2D eigenvalue weighted by molar-refractivity contribution is 6.12. The van der Waals surface area contributed by atoms with Crippen molar-refractivity contribution >= 4 is 17.7 Å². The molecule has 0 radical (unpaired) electrons. The molecular formula is C27H33NO6. The third-order valence-electron chi connectivity index (χ3n) is 7.24. The van der Waals surface area contributed by atoms with Gasteiger partial charge in [0.1, 0.15) is 17.8 Å². The van der Waals surface area contributed by atoms with Crippen LogP contribution in [0.15, 0.2) is 46.8 Å². The number of methoxy groups -OCH3 is 2. The molecule has 2 aliphatic carbocycles. The number of carbonyl (C=O) groups excluding carboxylic acids is 3. The van der Waals surface area contributed by atoms with E-state index in [1.807, 2.05) is 38.1 Å². The van der Waals surface area contributed by atoms with Gasteiger partial charge in [-0.15, -0.1) is 0 Å². The van der Waals surface area contributed by atoms with Crippen LogP contribution in [0.5, 0.6) is 5.75 Å². The van der Waals surface area contributed by atoms with E-state index in [1.165, 1.54) is 7.11 Å². The number of allylic oxidation sites excluding steroid dienone is 3. The zero-order valence-electron chi connectivity index (χ0n) is 20.3. The van der Waals surface area contributed by atoms with Crippen LogP contribution >= 0.6 is 0 Å². The Morgan fingerprint density at radius 1 is 1.03 bits per heavy atom. The summed E-state index contributed by atoms with van der Waals surface area (Å²) in [7, 11) is 2.88. The van der Waals surface area contributed by atoms with Crippen molar-refractivity contribution in [2.45, 2.75) is 64.4 Å². The molecule has 182 valence electrons. The Bertz CT molecular complexity index is 1030. The summed E-state index contributed by atoms with van der Waals surface area (Å²) in [5, 5.41) is 3.31. The van der Waals surface area contributed by atoms with Crippen LogP contribution in [0.25, 0.3) is 0 Å². The number of ketones is 1. The summed E-state index contributed by atoms with van der Waals surface area (Å²) >= 11 is 0. The maximum absolute atomic E-state index is 13.7. The Kier molecular flexibility index (Phi) is 7.10. The summed E-state index contributed by atoms with van der Waals surface area (Å²) in [4.78, 5) is 39.8. The number of hydrogen-bond acceptors (Lipinski definition) is 7. The van der Waals surface area contributed by atoms with Gasteiger partial charge in [-0.3, -0.25) is 9.59 Å². The number of Topliss-reactive ketones (excluding diaryl/α,β-unsaturated/α-hetero) is 1. The molecule has 7 heteroatoms. The maximum Gasteiger partial charge on any atom is 0.337 e. The van der Waals surface area contributed by atoms with E-state index in [4.69, 9.17) is 14.2 Å². The van der Waals surface area contributed by atoms with Crippen LogP contribution in [0.4, 0.5) is 0 Å². The average Bonchev–Trinajstić information content (AvgIpc) is 2.83. The second kappa shape index (κ2) is 10.0. The van der Waals surface area contributed by atoms with E-state index >= 15 is 0 Å². The first-order chi connectivity index (χ1) is 16.3. The minimum atomic E-state index is -0.902. The van der Waals surface area contributed by atoms with E-state index in [9.17, 15) is 14.4 Å². The van der Waals surface area contributed by atoms with E-state index in [0.29, 0.717) is 29.0 Å². The van der Waals surface area contributed by atoms with Crippen molar-refractivity contribution in [3.05, 3.63) is 52.4 Å². The molecule has 1 aliphatic heterocycles. The first-order valence-corrected chi connectivity index (χ1v) is 12.0. The lowest BCUT2D eigenvalue weighted by molar-refractivity contribution is -0.151. The molecule has 0 aromatic heterocycles. The van der Waals surface area contributed by atoms with Crippen molar-refractivity contribution in [3.63, 3.8) is 0 Å². The molecule has 0 saturated heterocycles. The number of nitrogens with one attached hydrogen (secondary N) is 1. The summed E-state index contributed by atoms with van der Waals surface area (Å²) < 4.78 is 16.2. The van der Waals surface area contributed by atoms with Gasteiger partial charge in [0.25, 0.3) is 0 Å². The van der Waals surface area contributed by atoms with Crippen LogP contribution in [0, 0.1) is 11.8 Å². The summed E-state index contributed by atoms with van der Waals surface area (Å²) in [5.41, 5.74) is 3.07. The predicted molar refractivity (Wildman–Crippen MR) is 126 cm³/mol. The van der Waals surface area contributed by atoms with Gasteiger partial charge >= 0.3 is 11.9 Å². The third-order valence-corrected chi connectivity index (χ3v) is 7.24. The predicted octanol–water partition coefficient (Wildman–Crippen LogP) is 4.18. The topological polar surface area (TPSA) is 90.9 Å². The highest BCUT2D eigenvalue weighted by atomic mass is 16.5. The van der Waals surface area contributed by atoms with Gasteiger partial charge < -0.3 is 19.5 Å². The largest absolute Gasteiger partial charge is 0.497 e. The molecule has 0 unspecified atom stereocenters. The van der Waals surface area contributed by atoms with Crippen molar-refractivity contribution in [2.24, 2.45) is 11.8 Å². The normalized spacial score (nSPS) is 25.4. The highest BCUT2D eigenvalue weighted by Gasteiger charge is 2.47. The number of benzene rings is 1. The molecule has 1 aromatic carbocycles. The molecule has 1 saturated carbocycles. The molecule has 1 aromatic rings. The Hall–Kier alpha value is -3.09. The number of hydrogen-bond donors (Lipinski definition) is 1. The molecule has 1 N–H and O–H groups in total. The second-order valence-electron chi connectivity index (χ2n) is 9.47. The third kappa shape index (κ3) is 4.48. The molecule has 7 nitrogen and oxygen atoms in total. The van der Waals surface area contributed by atoms with Crippen molar-refractivity contribution < 1.29 is 28.6 Å². The fraction of sp³-hybridized carbons (Fsp3) is 0.519. The molecule has 0 bridgehead atoms. The fourth-order valence-corrected chi connectivity index (χ4v) is 5.48. The first-order valence-electron chi connectivity index (χ1n) is 12.0. The van der Waals surface area contributed by atoms with Gasteiger partial charge in [-0.05, 0) is 62.6 Å². The molecular weight excluding hydrogens is 434 g/mol. The zero-order chi connectivity index (χ0) is 24.4. The summed E-state index contributed by atoms with van der Waals surface area (Å²) in [6.07, 6.45) is 5.35. The number of dihydropyridines is 1. The van der Waals surface area contributed by atoms with E-state index < -0.39 is 23.8 Å².